The predicted octanol–water partition coefficient (Wildman–Crippen LogP) is 5.86. The van der Waals surface area contributed by atoms with Gasteiger partial charge in [0.2, 0.25) is 5.91 Å². The van der Waals surface area contributed by atoms with Crippen molar-refractivity contribution < 1.29 is 14.0 Å². The maximum Gasteiger partial charge on any atom is 0.254 e. The Bertz CT molecular complexity index is 1460. The number of carbonyl (C=O) groups is 2. The molecule has 0 spiro atoms. The highest BCUT2D eigenvalue weighted by molar-refractivity contribution is 7.13. The van der Waals surface area contributed by atoms with Crippen molar-refractivity contribution >= 4 is 28.3 Å². The van der Waals surface area contributed by atoms with Crippen LogP contribution in [0.5, 0.6) is 0 Å². The lowest BCUT2D eigenvalue weighted by Gasteiger charge is -2.28. The van der Waals surface area contributed by atoms with Crippen LogP contribution >= 0.6 is 11.3 Å². The van der Waals surface area contributed by atoms with Gasteiger partial charge < -0.3 is 20.0 Å². The van der Waals surface area contributed by atoms with Crippen LogP contribution in [0.4, 0.5) is 5.13 Å². The highest BCUT2D eigenvalue weighted by Gasteiger charge is 2.24. The van der Waals surface area contributed by atoms with Gasteiger partial charge in [0, 0.05) is 29.6 Å². The number of nitrogens with two attached hydrogens (primary N) is 1. The van der Waals surface area contributed by atoms with Crippen molar-refractivity contribution in [2.75, 3.05) is 12.3 Å². The first kappa shape index (κ1) is 25.9. The predicted molar refractivity (Wildman–Crippen MR) is 153 cm³/mol. The zero-order chi connectivity index (χ0) is 27.0. The number of hydrogen-bond acceptors (Lipinski definition) is 6. The number of amides is 2. The monoisotopic (exact) mass is 536 g/mol. The molecule has 39 heavy (non-hydrogen) atoms. The Labute approximate surface area is 231 Å². The van der Waals surface area contributed by atoms with Gasteiger partial charge in [-0.2, -0.15) is 0 Å². The summed E-state index contributed by atoms with van der Waals surface area (Å²) in [6.45, 7) is 0.946. The van der Waals surface area contributed by atoms with Crippen molar-refractivity contribution in [1.29, 1.82) is 0 Å². The van der Waals surface area contributed by atoms with E-state index in [0.717, 1.165) is 22.4 Å². The second-order valence-electron chi connectivity index (χ2n) is 9.11. The molecule has 5 aromatic rings. The number of benzene rings is 3. The summed E-state index contributed by atoms with van der Waals surface area (Å²) in [5.41, 5.74) is 9.90. The van der Waals surface area contributed by atoms with Crippen molar-refractivity contribution in [3.63, 3.8) is 0 Å². The van der Waals surface area contributed by atoms with Crippen molar-refractivity contribution in [2.45, 2.75) is 19.6 Å². The summed E-state index contributed by atoms with van der Waals surface area (Å²) < 4.78 is 5.52. The quantitative estimate of drug-likeness (QED) is 0.241. The minimum Gasteiger partial charge on any atom is -0.467 e. The van der Waals surface area contributed by atoms with Crippen LogP contribution in [0.15, 0.2) is 113 Å². The van der Waals surface area contributed by atoms with Gasteiger partial charge in [0.25, 0.3) is 5.91 Å². The molecule has 7 nitrogen and oxygen atoms in total. The highest BCUT2D eigenvalue weighted by atomic mass is 32.1. The van der Waals surface area contributed by atoms with E-state index in [2.05, 4.69) is 4.98 Å². The summed E-state index contributed by atoms with van der Waals surface area (Å²) in [5, 5.41) is 2.37. The molecule has 0 aliphatic rings. The Morgan fingerprint density at radius 2 is 1.41 bits per heavy atom. The molecular formula is C31H28N4O3S. The van der Waals surface area contributed by atoms with Gasteiger partial charge in [-0.15, -0.1) is 11.3 Å². The van der Waals surface area contributed by atoms with Crippen molar-refractivity contribution in [1.82, 2.24) is 14.8 Å². The van der Waals surface area contributed by atoms with Gasteiger partial charge in [-0.25, -0.2) is 4.98 Å². The smallest absolute Gasteiger partial charge is 0.254 e. The number of carbonyl (C=O) groups excluding carboxylic acids is 2. The lowest BCUT2D eigenvalue weighted by atomic mass is 10.1. The summed E-state index contributed by atoms with van der Waals surface area (Å²) in [6.07, 6.45) is 1.56. The van der Waals surface area contributed by atoms with Gasteiger partial charge in [0.15, 0.2) is 5.13 Å². The molecular weight excluding hydrogens is 508 g/mol. The molecule has 0 radical (unpaired) electrons. The summed E-state index contributed by atoms with van der Waals surface area (Å²) in [5.74, 6) is 0.184. The Hall–Kier alpha value is -4.69. The van der Waals surface area contributed by atoms with Crippen molar-refractivity contribution in [3.8, 4) is 11.3 Å². The van der Waals surface area contributed by atoms with Gasteiger partial charge in [-0.1, -0.05) is 72.8 Å². The molecule has 0 bridgehead atoms. The highest BCUT2D eigenvalue weighted by Crippen LogP contribution is 2.24. The molecule has 2 amide bonds. The van der Waals surface area contributed by atoms with Gasteiger partial charge in [0.1, 0.15) is 12.3 Å². The van der Waals surface area contributed by atoms with E-state index in [1.54, 1.807) is 35.4 Å². The zero-order valence-corrected chi connectivity index (χ0v) is 22.1. The molecule has 2 aromatic heterocycles. The Morgan fingerprint density at radius 3 is 1.95 bits per heavy atom. The molecule has 0 saturated heterocycles. The summed E-state index contributed by atoms with van der Waals surface area (Å²) in [4.78, 5) is 35.0. The third-order valence-corrected chi connectivity index (χ3v) is 6.95. The summed E-state index contributed by atoms with van der Waals surface area (Å²) in [7, 11) is 0. The fourth-order valence-electron chi connectivity index (χ4n) is 4.28. The molecule has 5 rings (SSSR count). The molecule has 0 aliphatic heterocycles. The maximum absolute atomic E-state index is 13.8. The largest absolute Gasteiger partial charge is 0.467 e. The fourth-order valence-corrected chi connectivity index (χ4v) is 4.85. The van der Waals surface area contributed by atoms with E-state index in [1.165, 1.54) is 16.2 Å². The number of aromatic nitrogens is 1. The van der Waals surface area contributed by atoms with Crippen LogP contribution in [0.25, 0.3) is 11.3 Å². The second kappa shape index (κ2) is 12.2. The Kier molecular flexibility index (Phi) is 8.14. The number of anilines is 1. The van der Waals surface area contributed by atoms with E-state index in [4.69, 9.17) is 10.2 Å². The molecule has 2 heterocycles. The second-order valence-corrected chi connectivity index (χ2v) is 10.00. The van der Waals surface area contributed by atoms with Crippen LogP contribution in [-0.4, -0.2) is 33.1 Å². The van der Waals surface area contributed by atoms with Crippen LogP contribution in [0.1, 0.15) is 27.2 Å². The van der Waals surface area contributed by atoms with Gasteiger partial charge in [-0.05, 0) is 35.4 Å². The minimum absolute atomic E-state index is 0.0937. The number of thiazole rings is 1. The van der Waals surface area contributed by atoms with E-state index in [-0.39, 0.29) is 24.9 Å². The molecule has 2 N–H and O–H groups in total. The molecule has 3 aromatic carbocycles. The van der Waals surface area contributed by atoms with Crippen LogP contribution in [0, 0.1) is 0 Å². The normalized spacial score (nSPS) is 10.8. The average Bonchev–Trinajstić information content (AvgIpc) is 3.65. The van der Waals surface area contributed by atoms with E-state index < -0.39 is 0 Å². The van der Waals surface area contributed by atoms with Crippen LogP contribution in [0.3, 0.4) is 0 Å². The van der Waals surface area contributed by atoms with Crippen LogP contribution < -0.4 is 5.73 Å². The molecule has 8 heteroatoms. The number of furan rings is 1. The van der Waals surface area contributed by atoms with Gasteiger partial charge in [0.05, 0.1) is 18.5 Å². The fraction of sp³-hybridized carbons (Fsp3) is 0.129. The molecule has 0 fully saturated rings. The van der Waals surface area contributed by atoms with Gasteiger partial charge >= 0.3 is 0 Å². The third kappa shape index (κ3) is 6.80. The number of rotatable bonds is 10. The molecule has 0 saturated carbocycles. The number of nitrogen functional groups attached to an aromatic ring is 1. The maximum atomic E-state index is 13.8. The molecule has 0 unspecified atom stereocenters. The summed E-state index contributed by atoms with van der Waals surface area (Å²) in [6, 6.07) is 30.4. The average molecular weight is 537 g/mol. The molecule has 0 atom stereocenters. The van der Waals surface area contributed by atoms with E-state index >= 15 is 0 Å². The number of nitrogens with zero attached hydrogens (tertiary/aromatic N) is 3. The van der Waals surface area contributed by atoms with Crippen molar-refractivity contribution in [3.05, 3.63) is 131 Å². The Balaban J connectivity index is 1.38. The van der Waals surface area contributed by atoms with Gasteiger partial charge in [-0.3, -0.25) is 9.59 Å². The van der Waals surface area contributed by atoms with Crippen LogP contribution in [0.2, 0.25) is 0 Å². The third-order valence-electron chi connectivity index (χ3n) is 6.27. The number of hydrogen-bond donors (Lipinski definition) is 1. The molecule has 0 aliphatic carbocycles. The van der Waals surface area contributed by atoms with E-state index in [1.807, 2.05) is 78.2 Å². The first-order valence-corrected chi connectivity index (χ1v) is 13.4. The first-order valence-electron chi connectivity index (χ1n) is 12.5. The van der Waals surface area contributed by atoms with Crippen molar-refractivity contribution in [2.24, 2.45) is 0 Å². The SMILES string of the molecule is Nc1nc(-c2ccc(C(=O)N(CC(=O)N(Cc3ccccc3)Cc3ccccc3)Cc3ccco3)cc2)cs1. The lowest BCUT2D eigenvalue weighted by molar-refractivity contribution is -0.133. The van der Waals surface area contributed by atoms with Crippen LogP contribution in [-0.2, 0) is 24.4 Å². The minimum atomic E-state index is -0.261. The zero-order valence-electron chi connectivity index (χ0n) is 21.3. The lowest BCUT2D eigenvalue weighted by Crippen LogP contribution is -2.42. The van der Waals surface area contributed by atoms with E-state index in [9.17, 15) is 9.59 Å². The summed E-state index contributed by atoms with van der Waals surface area (Å²) >= 11 is 1.37. The molecule has 196 valence electrons. The van der Waals surface area contributed by atoms with E-state index in [0.29, 0.717) is 29.5 Å². The standard InChI is InChI=1S/C31H28N4O3S/c32-31-33-28(22-39-31)25-13-15-26(16-14-25)30(37)35(20-27-12-7-17-38-27)21-29(36)34(18-23-8-3-1-4-9-23)19-24-10-5-2-6-11-24/h1-17,22H,18-21H2,(H2,32,33). The first-order chi connectivity index (χ1) is 19.0. The Morgan fingerprint density at radius 1 is 0.769 bits per heavy atom. The topological polar surface area (TPSA) is 92.7 Å².